The van der Waals surface area contributed by atoms with E-state index in [9.17, 15) is 14.4 Å². The van der Waals surface area contributed by atoms with Crippen molar-refractivity contribution in [3.05, 3.63) is 23.8 Å². The number of hydrogen-bond donors (Lipinski definition) is 4. The van der Waals surface area contributed by atoms with E-state index in [0.717, 1.165) is 5.57 Å². The molecular formula is C15H21NO6. The first-order valence-corrected chi connectivity index (χ1v) is 6.99. The van der Waals surface area contributed by atoms with Crippen LogP contribution in [0.1, 0.15) is 20.3 Å². The number of carboxylic acid groups (broad SMARTS) is 3. The third-order valence-electron chi connectivity index (χ3n) is 3.91. The van der Waals surface area contributed by atoms with Gasteiger partial charge in [0.1, 0.15) is 6.04 Å². The summed E-state index contributed by atoms with van der Waals surface area (Å²) in [6.07, 6.45) is 4.62. The number of carboxylic acids is 3. The molecule has 22 heavy (non-hydrogen) atoms. The standard InChI is InChI=1S/C15H21NO6/c1-8(4-3-5-9(2)14(19)20)11-7-16-13(15(21)22)10(11)6-12(17)18/h3-5,9-11,13,16H,6-7H2,1-2H3,(H,17,18)(H,19,20)(H,21,22)/b5-3-,8-4-/t9?,10-,11?,13-/m0/s1. The van der Waals surface area contributed by atoms with Gasteiger partial charge in [-0.15, -0.1) is 0 Å². The molecule has 1 saturated heterocycles. The third-order valence-corrected chi connectivity index (χ3v) is 3.91. The Hall–Kier alpha value is -2.15. The number of carbonyl (C=O) groups is 3. The molecule has 0 radical (unpaired) electrons. The van der Waals surface area contributed by atoms with Crippen molar-refractivity contribution in [2.75, 3.05) is 6.54 Å². The lowest BCUT2D eigenvalue weighted by molar-refractivity contribution is -0.142. The fourth-order valence-electron chi connectivity index (χ4n) is 2.60. The molecule has 7 nitrogen and oxygen atoms in total. The van der Waals surface area contributed by atoms with E-state index in [4.69, 9.17) is 15.3 Å². The molecule has 4 N–H and O–H groups in total. The second-order valence-corrected chi connectivity index (χ2v) is 5.51. The summed E-state index contributed by atoms with van der Waals surface area (Å²) in [5.74, 6) is -4.38. The molecule has 122 valence electrons. The second kappa shape index (κ2) is 7.74. The van der Waals surface area contributed by atoms with E-state index in [2.05, 4.69) is 5.32 Å². The molecule has 0 spiro atoms. The Morgan fingerprint density at radius 2 is 1.91 bits per heavy atom. The zero-order chi connectivity index (χ0) is 16.9. The lowest BCUT2D eigenvalue weighted by Gasteiger charge is -2.20. The molecule has 0 amide bonds. The highest BCUT2D eigenvalue weighted by atomic mass is 16.4. The van der Waals surface area contributed by atoms with E-state index in [1.54, 1.807) is 26.0 Å². The Morgan fingerprint density at radius 3 is 2.41 bits per heavy atom. The first-order valence-electron chi connectivity index (χ1n) is 6.99. The van der Waals surface area contributed by atoms with Crippen molar-refractivity contribution in [1.29, 1.82) is 0 Å². The van der Waals surface area contributed by atoms with Crippen LogP contribution in [0.4, 0.5) is 0 Å². The molecule has 1 aliphatic heterocycles. The van der Waals surface area contributed by atoms with Crippen molar-refractivity contribution >= 4 is 17.9 Å². The molecule has 0 aromatic carbocycles. The van der Waals surface area contributed by atoms with Gasteiger partial charge >= 0.3 is 17.9 Å². The van der Waals surface area contributed by atoms with Crippen molar-refractivity contribution in [2.24, 2.45) is 17.8 Å². The van der Waals surface area contributed by atoms with Crippen molar-refractivity contribution < 1.29 is 29.7 Å². The van der Waals surface area contributed by atoms with Crippen LogP contribution in [0, 0.1) is 17.8 Å². The van der Waals surface area contributed by atoms with Gasteiger partial charge in [-0.05, 0) is 19.8 Å². The quantitative estimate of drug-likeness (QED) is 0.516. The average Bonchev–Trinajstić information content (AvgIpc) is 2.81. The third kappa shape index (κ3) is 4.70. The van der Waals surface area contributed by atoms with Gasteiger partial charge in [0.2, 0.25) is 0 Å². The fourth-order valence-corrected chi connectivity index (χ4v) is 2.60. The second-order valence-electron chi connectivity index (χ2n) is 5.51. The monoisotopic (exact) mass is 311 g/mol. The molecule has 1 rings (SSSR count). The minimum Gasteiger partial charge on any atom is -0.481 e. The maximum absolute atomic E-state index is 11.2. The van der Waals surface area contributed by atoms with E-state index < -0.39 is 35.8 Å². The van der Waals surface area contributed by atoms with Crippen LogP contribution in [0.5, 0.6) is 0 Å². The largest absolute Gasteiger partial charge is 0.481 e. The zero-order valence-electron chi connectivity index (χ0n) is 12.5. The lowest BCUT2D eigenvalue weighted by atomic mass is 9.83. The number of hydrogen-bond acceptors (Lipinski definition) is 4. The molecule has 2 unspecified atom stereocenters. The van der Waals surface area contributed by atoms with Crippen LogP contribution in [0.2, 0.25) is 0 Å². The summed E-state index contributed by atoms with van der Waals surface area (Å²) in [4.78, 5) is 32.8. The Bertz CT molecular complexity index is 510. The first kappa shape index (κ1) is 17.9. The number of allylic oxidation sites excluding steroid dienone is 2. The molecule has 1 heterocycles. The minimum absolute atomic E-state index is 0.206. The SMILES string of the molecule is C/C(=C/C=C\C(C)C(=O)O)C1CN[C@H](C(=O)O)[C@H]1CC(=O)O. The molecule has 0 bridgehead atoms. The summed E-state index contributed by atoms with van der Waals surface area (Å²) < 4.78 is 0. The van der Waals surface area contributed by atoms with E-state index >= 15 is 0 Å². The Morgan fingerprint density at radius 1 is 1.27 bits per heavy atom. The van der Waals surface area contributed by atoms with Crippen LogP contribution < -0.4 is 5.32 Å². The Balaban J connectivity index is 2.85. The van der Waals surface area contributed by atoms with Gasteiger partial charge in [-0.25, -0.2) is 0 Å². The lowest BCUT2D eigenvalue weighted by Crippen LogP contribution is -2.36. The van der Waals surface area contributed by atoms with Gasteiger partial charge < -0.3 is 20.6 Å². The highest BCUT2D eigenvalue weighted by molar-refractivity contribution is 5.76. The van der Waals surface area contributed by atoms with Gasteiger partial charge in [0.25, 0.3) is 0 Å². The number of aliphatic carboxylic acids is 3. The van der Waals surface area contributed by atoms with Crippen LogP contribution in [-0.2, 0) is 14.4 Å². The van der Waals surface area contributed by atoms with Crippen molar-refractivity contribution in [1.82, 2.24) is 5.32 Å². The normalized spacial score (nSPS) is 27.0. The van der Waals surface area contributed by atoms with Gasteiger partial charge in [-0.3, -0.25) is 14.4 Å². The molecule has 0 aromatic heterocycles. The maximum Gasteiger partial charge on any atom is 0.321 e. The molecular weight excluding hydrogens is 290 g/mol. The van der Waals surface area contributed by atoms with Gasteiger partial charge in [0, 0.05) is 12.5 Å². The molecule has 1 aliphatic rings. The summed E-state index contributed by atoms with van der Waals surface area (Å²) in [6, 6.07) is -0.883. The van der Waals surface area contributed by atoms with Gasteiger partial charge in [0.05, 0.1) is 12.3 Å². The summed E-state index contributed by atoms with van der Waals surface area (Å²) in [5.41, 5.74) is 0.830. The average molecular weight is 311 g/mol. The topological polar surface area (TPSA) is 124 Å². The molecule has 1 fully saturated rings. The highest BCUT2D eigenvalue weighted by Crippen LogP contribution is 2.31. The van der Waals surface area contributed by atoms with E-state index in [1.807, 2.05) is 0 Å². The Labute approximate surface area is 128 Å². The zero-order valence-corrected chi connectivity index (χ0v) is 12.5. The summed E-state index contributed by atoms with van der Waals surface area (Å²) in [6.45, 7) is 3.73. The van der Waals surface area contributed by atoms with Crippen molar-refractivity contribution in [3.8, 4) is 0 Å². The van der Waals surface area contributed by atoms with Crippen LogP contribution in [0.3, 0.4) is 0 Å². The van der Waals surface area contributed by atoms with Gasteiger partial charge in [0.15, 0.2) is 0 Å². The van der Waals surface area contributed by atoms with Gasteiger partial charge in [-0.2, -0.15) is 0 Å². The predicted octanol–water partition coefficient (Wildman–Crippen LogP) is 0.973. The predicted molar refractivity (Wildman–Crippen MR) is 78.4 cm³/mol. The van der Waals surface area contributed by atoms with Crippen LogP contribution in [0.25, 0.3) is 0 Å². The van der Waals surface area contributed by atoms with Crippen LogP contribution in [-0.4, -0.2) is 45.8 Å². The van der Waals surface area contributed by atoms with E-state index in [-0.39, 0.29) is 12.3 Å². The minimum atomic E-state index is -1.06. The number of nitrogens with one attached hydrogen (secondary N) is 1. The smallest absolute Gasteiger partial charge is 0.321 e. The van der Waals surface area contributed by atoms with E-state index in [0.29, 0.717) is 6.54 Å². The fraction of sp³-hybridized carbons (Fsp3) is 0.533. The van der Waals surface area contributed by atoms with E-state index in [1.165, 1.54) is 6.08 Å². The van der Waals surface area contributed by atoms with Gasteiger partial charge in [-0.1, -0.05) is 23.8 Å². The molecule has 4 atom stereocenters. The number of rotatable bonds is 7. The van der Waals surface area contributed by atoms with Crippen LogP contribution in [0.15, 0.2) is 23.8 Å². The first-order chi connectivity index (χ1) is 10.2. The summed E-state index contributed by atoms with van der Waals surface area (Å²) in [5, 5.41) is 29.7. The highest BCUT2D eigenvalue weighted by Gasteiger charge is 2.41. The molecule has 0 aliphatic carbocycles. The molecule has 0 saturated carbocycles. The maximum atomic E-state index is 11.2. The summed E-state index contributed by atoms with van der Waals surface area (Å²) >= 11 is 0. The van der Waals surface area contributed by atoms with Crippen LogP contribution >= 0.6 is 0 Å². The summed E-state index contributed by atoms with van der Waals surface area (Å²) in [7, 11) is 0. The van der Waals surface area contributed by atoms with Crippen molar-refractivity contribution in [3.63, 3.8) is 0 Å². The molecule has 7 heteroatoms. The Kier molecular flexibility index (Phi) is 6.30. The van der Waals surface area contributed by atoms with Crippen molar-refractivity contribution in [2.45, 2.75) is 26.3 Å². The molecule has 0 aromatic rings.